The topological polar surface area (TPSA) is 66.0 Å². The molecule has 5 heteroatoms. The van der Waals surface area contributed by atoms with E-state index in [4.69, 9.17) is 5.11 Å². The molecule has 2 rings (SSSR count). The number of aliphatic carboxylic acids is 1. The first kappa shape index (κ1) is 10.0. The monoisotopic (exact) mass is 222 g/mol. The molecule has 0 saturated heterocycles. The first-order valence-electron chi connectivity index (χ1n) is 4.43. The summed E-state index contributed by atoms with van der Waals surface area (Å²) >= 11 is 1.61. The van der Waals surface area contributed by atoms with Gasteiger partial charge in [-0.1, -0.05) is 6.07 Å². The van der Waals surface area contributed by atoms with Crippen LogP contribution in [0.3, 0.4) is 0 Å². The second-order valence-corrected chi connectivity index (χ2v) is 3.97. The highest BCUT2D eigenvalue weighted by molar-refractivity contribution is 7.98. The summed E-state index contributed by atoms with van der Waals surface area (Å²) < 4.78 is 0. The first-order chi connectivity index (χ1) is 7.22. The van der Waals surface area contributed by atoms with Gasteiger partial charge in [0.25, 0.3) is 0 Å². The van der Waals surface area contributed by atoms with Gasteiger partial charge < -0.3 is 10.1 Å². The van der Waals surface area contributed by atoms with Gasteiger partial charge in [0.2, 0.25) is 0 Å². The fraction of sp³-hybridized carbons (Fsp3) is 0.200. The van der Waals surface area contributed by atoms with E-state index in [0.717, 1.165) is 21.5 Å². The lowest BCUT2D eigenvalue weighted by Gasteiger charge is -2.02. The first-order valence-corrected chi connectivity index (χ1v) is 5.65. The standard InChI is InChI=1S/C10H10N2O2S/c1-15-7-3-2-6(4-8(13)14)9-10(7)12-5-11-9/h2-3,5H,4H2,1H3,(H,11,12)(H,13,14). The zero-order valence-electron chi connectivity index (χ0n) is 8.15. The quantitative estimate of drug-likeness (QED) is 0.778. The summed E-state index contributed by atoms with van der Waals surface area (Å²) in [5.74, 6) is -0.837. The summed E-state index contributed by atoms with van der Waals surface area (Å²) in [5.41, 5.74) is 2.42. The molecule has 4 nitrogen and oxygen atoms in total. The lowest BCUT2D eigenvalue weighted by atomic mass is 10.1. The lowest BCUT2D eigenvalue weighted by molar-refractivity contribution is -0.136. The molecule has 2 aromatic rings. The van der Waals surface area contributed by atoms with Crippen molar-refractivity contribution in [1.29, 1.82) is 0 Å². The number of carbonyl (C=O) groups is 1. The number of rotatable bonds is 3. The van der Waals surface area contributed by atoms with Crippen molar-refractivity contribution in [2.24, 2.45) is 0 Å². The second-order valence-electron chi connectivity index (χ2n) is 3.12. The largest absolute Gasteiger partial charge is 0.481 e. The van der Waals surface area contributed by atoms with Gasteiger partial charge in [-0.05, 0) is 17.9 Å². The molecular weight excluding hydrogens is 212 g/mol. The predicted octanol–water partition coefficient (Wildman–Crippen LogP) is 1.91. The number of imidazole rings is 1. The van der Waals surface area contributed by atoms with Crippen LogP contribution in [0.15, 0.2) is 23.4 Å². The van der Waals surface area contributed by atoms with E-state index in [0.29, 0.717) is 0 Å². The Morgan fingerprint density at radius 3 is 3.07 bits per heavy atom. The number of nitrogens with zero attached hydrogens (tertiary/aromatic N) is 1. The van der Waals surface area contributed by atoms with Crippen LogP contribution in [0, 0.1) is 0 Å². The number of benzene rings is 1. The van der Waals surface area contributed by atoms with Gasteiger partial charge in [0.1, 0.15) is 0 Å². The molecule has 0 radical (unpaired) electrons. The van der Waals surface area contributed by atoms with Crippen molar-refractivity contribution in [3.63, 3.8) is 0 Å². The summed E-state index contributed by atoms with van der Waals surface area (Å²) in [6.45, 7) is 0. The van der Waals surface area contributed by atoms with E-state index in [-0.39, 0.29) is 6.42 Å². The SMILES string of the molecule is CSc1ccc(CC(=O)O)c2nc[nH]c12. The molecule has 1 aromatic heterocycles. The minimum absolute atomic E-state index is 0.00993. The summed E-state index contributed by atoms with van der Waals surface area (Å²) in [4.78, 5) is 18.9. The van der Waals surface area contributed by atoms with Crippen LogP contribution < -0.4 is 0 Å². The minimum Gasteiger partial charge on any atom is -0.481 e. The van der Waals surface area contributed by atoms with Crippen LogP contribution in [0.1, 0.15) is 5.56 Å². The normalized spacial score (nSPS) is 10.7. The Balaban J connectivity index is 2.58. The van der Waals surface area contributed by atoms with Crippen LogP contribution in [-0.2, 0) is 11.2 Å². The van der Waals surface area contributed by atoms with Crippen molar-refractivity contribution in [3.8, 4) is 0 Å². The van der Waals surface area contributed by atoms with Gasteiger partial charge in [-0.3, -0.25) is 4.79 Å². The molecular formula is C10H10N2O2S. The van der Waals surface area contributed by atoms with Crippen molar-refractivity contribution in [2.75, 3.05) is 6.26 Å². The third kappa shape index (κ3) is 1.83. The molecule has 1 heterocycles. The van der Waals surface area contributed by atoms with E-state index in [1.165, 1.54) is 0 Å². The Bertz CT molecular complexity index is 507. The summed E-state index contributed by atoms with van der Waals surface area (Å²) in [6, 6.07) is 3.74. The second kappa shape index (κ2) is 3.94. The molecule has 0 fully saturated rings. The van der Waals surface area contributed by atoms with E-state index >= 15 is 0 Å². The zero-order valence-corrected chi connectivity index (χ0v) is 8.97. The Morgan fingerprint density at radius 2 is 2.40 bits per heavy atom. The number of nitrogens with one attached hydrogen (secondary N) is 1. The number of carboxylic acid groups (broad SMARTS) is 1. The van der Waals surface area contributed by atoms with Gasteiger partial charge >= 0.3 is 5.97 Å². The van der Waals surface area contributed by atoms with Crippen LogP contribution in [0.2, 0.25) is 0 Å². The average Bonchev–Trinajstić information content (AvgIpc) is 2.66. The molecule has 0 amide bonds. The molecule has 0 spiro atoms. The van der Waals surface area contributed by atoms with Crippen LogP contribution in [-0.4, -0.2) is 27.3 Å². The van der Waals surface area contributed by atoms with Crippen molar-refractivity contribution in [1.82, 2.24) is 9.97 Å². The molecule has 0 atom stereocenters. The van der Waals surface area contributed by atoms with E-state index in [1.54, 1.807) is 18.1 Å². The number of H-pyrrole nitrogens is 1. The molecule has 2 N–H and O–H groups in total. The van der Waals surface area contributed by atoms with Gasteiger partial charge in [0.05, 0.1) is 23.8 Å². The number of thioether (sulfide) groups is 1. The molecule has 0 aliphatic rings. The molecule has 0 aliphatic heterocycles. The smallest absolute Gasteiger partial charge is 0.307 e. The Labute approximate surface area is 90.7 Å². The summed E-state index contributed by atoms with van der Waals surface area (Å²) in [5, 5.41) is 8.75. The number of carboxylic acids is 1. The average molecular weight is 222 g/mol. The summed E-state index contributed by atoms with van der Waals surface area (Å²) in [7, 11) is 0. The molecule has 0 aliphatic carbocycles. The maximum absolute atomic E-state index is 10.6. The van der Waals surface area contributed by atoms with E-state index in [1.807, 2.05) is 18.4 Å². The maximum Gasteiger partial charge on any atom is 0.307 e. The van der Waals surface area contributed by atoms with Crippen molar-refractivity contribution < 1.29 is 9.90 Å². The van der Waals surface area contributed by atoms with Crippen molar-refractivity contribution in [2.45, 2.75) is 11.3 Å². The predicted molar refractivity (Wildman–Crippen MR) is 59.2 cm³/mol. The number of aromatic nitrogens is 2. The number of hydrogen-bond acceptors (Lipinski definition) is 3. The Morgan fingerprint density at radius 1 is 1.60 bits per heavy atom. The lowest BCUT2D eigenvalue weighted by Crippen LogP contribution is -2.00. The Hall–Kier alpha value is -1.49. The molecule has 0 saturated carbocycles. The fourth-order valence-electron chi connectivity index (χ4n) is 1.54. The van der Waals surface area contributed by atoms with Crippen LogP contribution in [0.4, 0.5) is 0 Å². The number of hydrogen-bond donors (Lipinski definition) is 2. The van der Waals surface area contributed by atoms with Crippen LogP contribution in [0.5, 0.6) is 0 Å². The van der Waals surface area contributed by atoms with Crippen LogP contribution >= 0.6 is 11.8 Å². The molecule has 0 unspecified atom stereocenters. The van der Waals surface area contributed by atoms with Gasteiger partial charge in [-0.25, -0.2) is 4.98 Å². The molecule has 0 bridgehead atoms. The van der Waals surface area contributed by atoms with Gasteiger partial charge in [-0.2, -0.15) is 0 Å². The van der Waals surface area contributed by atoms with Crippen LogP contribution in [0.25, 0.3) is 11.0 Å². The maximum atomic E-state index is 10.6. The van der Waals surface area contributed by atoms with E-state index in [9.17, 15) is 4.79 Å². The fourth-order valence-corrected chi connectivity index (χ4v) is 2.10. The van der Waals surface area contributed by atoms with E-state index in [2.05, 4.69) is 9.97 Å². The Kier molecular flexibility index (Phi) is 2.64. The van der Waals surface area contributed by atoms with Crippen molar-refractivity contribution in [3.05, 3.63) is 24.0 Å². The third-order valence-electron chi connectivity index (χ3n) is 2.19. The van der Waals surface area contributed by atoms with Gasteiger partial charge in [0, 0.05) is 4.90 Å². The summed E-state index contributed by atoms with van der Waals surface area (Å²) in [6.07, 6.45) is 3.58. The van der Waals surface area contributed by atoms with Gasteiger partial charge in [0.15, 0.2) is 0 Å². The highest BCUT2D eigenvalue weighted by Gasteiger charge is 2.10. The third-order valence-corrected chi connectivity index (χ3v) is 2.97. The van der Waals surface area contributed by atoms with Gasteiger partial charge in [-0.15, -0.1) is 11.8 Å². The number of fused-ring (bicyclic) bond motifs is 1. The zero-order chi connectivity index (χ0) is 10.8. The molecule has 15 heavy (non-hydrogen) atoms. The number of aromatic amines is 1. The van der Waals surface area contributed by atoms with E-state index < -0.39 is 5.97 Å². The minimum atomic E-state index is -0.837. The highest BCUT2D eigenvalue weighted by atomic mass is 32.2. The molecule has 78 valence electrons. The van der Waals surface area contributed by atoms with Crippen molar-refractivity contribution >= 4 is 28.8 Å². The highest BCUT2D eigenvalue weighted by Crippen LogP contribution is 2.26. The molecule has 1 aromatic carbocycles.